The molecule has 0 aliphatic rings. The molecule has 0 radical (unpaired) electrons. The molecule has 118 valence electrons. The second-order valence-corrected chi connectivity index (χ2v) is 4.63. The predicted octanol–water partition coefficient (Wildman–Crippen LogP) is 3.58. The van der Waals surface area contributed by atoms with Crippen molar-refractivity contribution in [2.24, 2.45) is 0 Å². The van der Waals surface area contributed by atoms with E-state index in [9.17, 15) is 24.1 Å². The summed E-state index contributed by atoms with van der Waals surface area (Å²) < 4.78 is 13.0. The molecule has 0 heterocycles. The van der Waals surface area contributed by atoms with Crippen LogP contribution in [0.5, 0.6) is 0 Å². The number of rotatable bonds is 4. The first-order chi connectivity index (χ1) is 10.9. The van der Waals surface area contributed by atoms with Crippen molar-refractivity contribution in [2.45, 2.75) is 6.92 Å². The highest BCUT2D eigenvalue weighted by Crippen LogP contribution is 2.25. The number of hydrogen-bond acceptors (Lipinski definition) is 4. The van der Waals surface area contributed by atoms with Gasteiger partial charge in [0.25, 0.3) is 5.69 Å². The maximum Gasteiger partial charge on any atom is 0.323 e. The van der Waals surface area contributed by atoms with Gasteiger partial charge in [0.1, 0.15) is 11.5 Å². The summed E-state index contributed by atoms with van der Waals surface area (Å²) in [5, 5.41) is 15.6. The molecule has 0 spiro atoms. The molecule has 0 saturated heterocycles. The number of anilines is 2. The Labute approximate surface area is 130 Å². The predicted molar refractivity (Wildman–Crippen MR) is 82.1 cm³/mol. The first kappa shape index (κ1) is 16.1. The zero-order valence-corrected chi connectivity index (χ0v) is 12.0. The molecular weight excluding hydrogens is 305 g/mol. The maximum absolute atomic E-state index is 13.0. The fourth-order valence-electron chi connectivity index (χ4n) is 1.83. The summed E-state index contributed by atoms with van der Waals surface area (Å²) in [6.07, 6.45) is 0. The molecule has 0 atom stereocenters. The molecule has 2 amide bonds. The summed E-state index contributed by atoms with van der Waals surface area (Å²) in [6, 6.07) is 8.23. The number of carbonyl (C=O) groups is 2. The lowest BCUT2D eigenvalue weighted by Crippen LogP contribution is -2.20. The van der Waals surface area contributed by atoms with Crippen LogP contribution in [0.1, 0.15) is 17.3 Å². The molecule has 0 aliphatic heterocycles. The Morgan fingerprint density at radius 1 is 1.09 bits per heavy atom. The van der Waals surface area contributed by atoms with E-state index in [0.717, 1.165) is 18.2 Å². The van der Waals surface area contributed by atoms with Crippen molar-refractivity contribution in [1.29, 1.82) is 0 Å². The Kier molecular flexibility index (Phi) is 4.65. The van der Waals surface area contributed by atoms with Gasteiger partial charge in [-0.25, -0.2) is 9.18 Å². The average Bonchev–Trinajstić information content (AvgIpc) is 2.49. The van der Waals surface area contributed by atoms with Crippen LogP contribution in [-0.2, 0) is 0 Å². The van der Waals surface area contributed by atoms with Crippen molar-refractivity contribution in [2.75, 3.05) is 10.6 Å². The van der Waals surface area contributed by atoms with Crippen molar-refractivity contribution in [3.63, 3.8) is 0 Å². The fourth-order valence-corrected chi connectivity index (χ4v) is 1.83. The zero-order chi connectivity index (χ0) is 17.0. The number of nitro groups is 1. The first-order valence-corrected chi connectivity index (χ1v) is 6.50. The fraction of sp³-hybridized carbons (Fsp3) is 0.0667. The van der Waals surface area contributed by atoms with Gasteiger partial charge in [-0.05, 0) is 43.3 Å². The Bertz CT molecular complexity index is 775. The van der Waals surface area contributed by atoms with Gasteiger partial charge >= 0.3 is 6.03 Å². The van der Waals surface area contributed by atoms with Gasteiger partial charge in [0.2, 0.25) is 0 Å². The highest BCUT2D eigenvalue weighted by Gasteiger charge is 2.17. The summed E-state index contributed by atoms with van der Waals surface area (Å²) in [4.78, 5) is 33.1. The molecule has 0 aliphatic carbocycles. The van der Waals surface area contributed by atoms with E-state index in [1.807, 2.05) is 0 Å². The van der Waals surface area contributed by atoms with Crippen molar-refractivity contribution in [3.8, 4) is 0 Å². The third-order valence-electron chi connectivity index (χ3n) is 2.95. The van der Waals surface area contributed by atoms with Crippen LogP contribution in [0.4, 0.5) is 26.2 Å². The molecule has 0 unspecified atom stereocenters. The molecule has 7 nitrogen and oxygen atoms in total. The quantitative estimate of drug-likeness (QED) is 0.511. The van der Waals surface area contributed by atoms with E-state index < -0.39 is 22.5 Å². The number of ketones is 1. The summed E-state index contributed by atoms with van der Waals surface area (Å²) in [5.74, 6) is -0.884. The highest BCUT2D eigenvalue weighted by molar-refractivity contribution is 6.01. The van der Waals surface area contributed by atoms with E-state index in [2.05, 4.69) is 10.6 Å². The molecule has 8 heteroatoms. The number of halogens is 1. The second-order valence-electron chi connectivity index (χ2n) is 4.63. The molecular formula is C15H12FN3O4. The van der Waals surface area contributed by atoms with Crippen LogP contribution in [0.25, 0.3) is 0 Å². The van der Waals surface area contributed by atoms with Gasteiger partial charge in [-0.3, -0.25) is 14.9 Å². The smallest absolute Gasteiger partial charge is 0.308 e. The molecule has 0 fully saturated rings. The van der Waals surface area contributed by atoms with Crippen LogP contribution < -0.4 is 10.6 Å². The zero-order valence-electron chi connectivity index (χ0n) is 12.0. The van der Waals surface area contributed by atoms with E-state index in [4.69, 9.17) is 0 Å². The minimum atomic E-state index is -0.791. The minimum absolute atomic E-state index is 0.108. The van der Waals surface area contributed by atoms with Crippen LogP contribution in [0, 0.1) is 15.9 Å². The number of hydrogen-bond donors (Lipinski definition) is 2. The van der Waals surface area contributed by atoms with Gasteiger partial charge in [-0.2, -0.15) is 0 Å². The van der Waals surface area contributed by atoms with Gasteiger partial charge in [0, 0.05) is 11.3 Å². The van der Waals surface area contributed by atoms with Crippen molar-refractivity contribution < 1.29 is 18.9 Å². The van der Waals surface area contributed by atoms with E-state index in [-0.39, 0.29) is 11.5 Å². The molecule has 2 aromatic rings. The summed E-state index contributed by atoms with van der Waals surface area (Å²) in [7, 11) is 0. The lowest BCUT2D eigenvalue weighted by Gasteiger charge is -2.08. The number of nitrogens with zero attached hydrogens (tertiary/aromatic N) is 1. The monoisotopic (exact) mass is 317 g/mol. The number of benzene rings is 2. The number of carbonyl (C=O) groups excluding carboxylic acids is 2. The largest absolute Gasteiger partial charge is 0.323 e. The number of urea groups is 1. The second kappa shape index (κ2) is 6.65. The molecule has 23 heavy (non-hydrogen) atoms. The Hall–Kier alpha value is -3.29. The Morgan fingerprint density at radius 3 is 2.30 bits per heavy atom. The number of Topliss-reactive ketones (excluding diaryl/α,β-unsaturated/α-hetero) is 1. The van der Waals surface area contributed by atoms with E-state index in [0.29, 0.717) is 11.3 Å². The lowest BCUT2D eigenvalue weighted by atomic mass is 10.1. The van der Waals surface area contributed by atoms with Crippen LogP contribution in [0.15, 0.2) is 42.5 Å². The number of nitro benzene ring substituents is 1. The van der Waals surface area contributed by atoms with Crippen LogP contribution in [-0.4, -0.2) is 16.7 Å². The van der Waals surface area contributed by atoms with E-state index >= 15 is 0 Å². The van der Waals surface area contributed by atoms with Gasteiger partial charge in [0.05, 0.1) is 11.0 Å². The van der Waals surface area contributed by atoms with Crippen molar-refractivity contribution in [1.82, 2.24) is 0 Å². The van der Waals surface area contributed by atoms with Crippen LogP contribution >= 0.6 is 0 Å². The van der Waals surface area contributed by atoms with Gasteiger partial charge in [-0.15, -0.1) is 0 Å². The summed E-state index contributed by atoms with van der Waals surface area (Å²) in [5.41, 5.74) is 0.212. The van der Waals surface area contributed by atoms with Gasteiger partial charge in [-0.1, -0.05) is 0 Å². The first-order valence-electron chi connectivity index (χ1n) is 6.50. The highest BCUT2D eigenvalue weighted by atomic mass is 19.1. The topological polar surface area (TPSA) is 101 Å². The van der Waals surface area contributed by atoms with Gasteiger partial charge < -0.3 is 10.6 Å². The van der Waals surface area contributed by atoms with E-state index in [1.165, 1.54) is 31.2 Å². The molecule has 0 aromatic heterocycles. The van der Waals surface area contributed by atoms with Crippen molar-refractivity contribution in [3.05, 3.63) is 64.0 Å². The average molecular weight is 317 g/mol. The summed E-state index contributed by atoms with van der Waals surface area (Å²) in [6.45, 7) is 1.42. The lowest BCUT2D eigenvalue weighted by molar-refractivity contribution is -0.384. The maximum atomic E-state index is 13.0. The number of nitrogens with one attached hydrogen (secondary N) is 2. The number of amides is 2. The SMILES string of the molecule is CC(=O)c1ccc(NC(=O)Nc2ccc(F)cc2[N+](=O)[O-])cc1. The summed E-state index contributed by atoms with van der Waals surface area (Å²) >= 11 is 0. The van der Waals surface area contributed by atoms with Crippen molar-refractivity contribution >= 4 is 28.9 Å². The van der Waals surface area contributed by atoms with E-state index in [1.54, 1.807) is 0 Å². The Morgan fingerprint density at radius 2 is 1.74 bits per heavy atom. The standard InChI is InChI=1S/C15H12FN3O4/c1-9(20)10-2-5-12(6-3-10)17-15(21)18-13-7-4-11(16)8-14(13)19(22)23/h2-8H,1H3,(H2,17,18,21). The van der Waals surface area contributed by atoms with Crippen LogP contribution in [0.2, 0.25) is 0 Å². The third-order valence-corrected chi connectivity index (χ3v) is 2.95. The molecule has 0 saturated carbocycles. The third kappa shape index (κ3) is 4.10. The van der Waals surface area contributed by atoms with Crippen LogP contribution in [0.3, 0.4) is 0 Å². The molecule has 2 aromatic carbocycles. The molecule has 2 rings (SSSR count). The van der Waals surface area contributed by atoms with Gasteiger partial charge in [0.15, 0.2) is 5.78 Å². The molecule has 2 N–H and O–H groups in total. The normalized spacial score (nSPS) is 10.0. The minimum Gasteiger partial charge on any atom is -0.308 e. The Balaban J connectivity index is 2.11. The molecule has 0 bridgehead atoms.